The Hall–Kier alpha value is -0.120. The molecule has 0 saturated carbocycles. The van der Waals surface area contributed by atoms with Crippen molar-refractivity contribution in [3.8, 4) is 0 Å². The van der Waals surface area contributed by atoms with Crippen LogP contribution < -0.4 is 0 Å². The fourth-order valence-corrected chi connectivity index (χ4v) is 4.41. The Bertz CT molecular complexity index is 561. The normalized spacial score (nSPS) is 12.4. The predicted molar refractivity (Wildman–Crippen MR) is 97.7 cm³/mol. The predicted octanol–water partition coefficient (Wildman–Crippen LogP) is 7.04. The molecule has 0 nitrogen and oxygen atoms in total. The van der Waals surface area contributed by atoms with Gasteiger partial charge in [-0.05, 0) is 41.7 Å². The number of halogens is 3. The van der Waals surface area contributed by atoms with Gasteiger partial charge < -0.3 is 0 Å². The molecule has 0 aliphatic rings. The Balaban J connectivity index is 2.18. The summed E-state index contributed by atoms with van der Waals surface area (Å²) < 4.78 is 2.20. The van der Waals surface area contributed by atoms with Crippen LogP contribution in [0.5, 0.6) is 0 Å². The van der Waals surface area contributed by atoms with Crippen LogP contribution in [-0.2, 0) is 6.42 Å². The van der Waals surface area contributed by atoms with Gasteiger partial charge in [0.15, 0.2) is 0 Å². The third-order valence-corrected chi connectivity index (χ3v) is 5.53. The highest BCUT2D eigenvalue weighted by Crippen LogP contribution is 2.36. The molecule has 0 aliphatic heterocycles. The zero-order chi connectivity index (χ0) is 14.5. The third-order valence-electron chi connectivity index (χ3n) is 3.33. The summed E-state index contributed by atoms with van der Waals surface area (Å²) in [6.07, 6.45) is 3.68. The molecule has 2 aromatic carbocycles. The van der Waals surface area contributed by atoms with Crippen LogP contribution in [-0.4, -0.2) is 0 Å². The topological polar surface area (TPSA) is 0 Å². The largest absolute Gasteiger partial charge is 0.0786 e. The monoisotopic (exact) mass is 458 g/mol. The Labute approximate surface area is 146 Å². The first-order valence-electron chi connectivity index (χ1n) is 6.79. The quantitative estimate of drug-likeness (QED) is 0.420. The fraction of sp³-hybridized carbons (Fsp3) is 0.294. The van der Waals surface area contributed by atoms with Crippen molar-refractivity contribution >= 4 is 47.8 Å². The summed E-state index contributed by atoms with van der Waals surface area (Å²) in [5.41, 5.74) is 3.95. The second-order valence-electron chi connectivity index (χ2n) is 4.87. The zero-order valence-electron chi connectivity index (χ0n) is 11.4. The van der Waals surface area contributed by atoms with Gasteiger partial charge in [0.1, 0.15) is 0 Å². The van der Waals surface area contributed by atoms with Crippen molar-refractivity contribution in [2.45, 2.75) is 31.0 Å². The maximum Gasteiger partial charge on any atom is 0.0655 e. The van der Waals surface area contributed by atoms with Gasteiger partial charge in [-0.2, -0.15) is 0 Å². The molecule has 0 amide bonds. The molecule has 0 heterocycles. The first-order valence-corrected chi connectivity index (χ1v) is 9.30. The van der Waals surface area contributed by atoms with Crippen LogP contribution in [0.4, 0.5) is 0 Å². The minimum atomic E-state index is 0.213. The van der Waals surface area contributed by atoms with E-state index in [1.165, 1.54) is 36.0 Å². The third kappa shape index (κ3) is 4.19. The van der Waals surface area contributed by atoms with E-state index in [0.29, 0.717) is 0 Å². The summed E-state index contributed by atoms with van der Waals surface area (Å²) in [6, 6.07) is 15.2. The van der Waals surface area contributed by atoms with E-state index in [1.807, 2.05) is 0 Å². The molecule has 2 aromatic rings. The molecule has 3 heteroatoms. The smallest absolute Gasteiger partial charge is 0.0655 e. The summed E-state index contributed by atoms with van der Waals surface area (Å²) in [5, 5.41) is 0. The molecule has 0 bridgehead atoms. The van der Waals surface area contributed by atoms with Crippen molar-refractivity contribution in [1.29, 1.82) is 0 Å². The van der Waals surface area contributed by atoms with Crippen LogP contribution in [0, 0.1) is 0 Å². The first kappa shape index (κ1) is 16.3. The van der Waals surface area contributed by atoms with Gasteiger partial charge in [0.05, 0.1) is 4.83 Å². The maximum absolute atomic E-state index is 3.80. The Morgan fingerprint density at radius 1 is 1.00 bits per heavy atom. The van der Waals surface area contributed by atoms with Gasteiger partial charge >= 0.3 is 0 Å². The van der Waals surface area contributed by atoms with E-state index in [-0.39, 0.29) is 4.83 Å². The Morgan fingerprint density at radius 3 is 2.30 bits per heavy atom. The summed E-state index contributed by atoms with van der Waals surface area (Å²) in [6.45, 7) is 2.23. The van der Waals surface area contributed by atoms with Crippen molar-refractivity contribution in [2.24, 2.45) is 0 Å². The maximum atomic E-state index is 3.80. The summed E-state index contributed by atoms with van der Waals surface area (Å²) >= 11 is 10.9. The van der Waals surface area contributed by atoms with Gasteiger partial charge in [-0.25, -0.2) is 0 Å². The van der Waals surface area contributed by atoms with Crippen molar-refractivity contribution < 1.29 is 0 Å². The lowest BCUT2D eigenvalue weighted by Gasteiger charge is -2.13. The van der Waals surface area contributed by atoms with Gasteiger partial charge in [-0.1, -0.05) is 91.5 Å². The molecule has 20 heavy (non-hydrogen) atoms. The Kier molecular flexibility index (Phi) is 6.31. The summed E-state index contributed by atoms with van der Waals surface area (Å²) in [5.74, 6) is 0. The number of aryl methyl sites for hydroxylation is 1. The van der Waals surface area contributed by atoms with E-state index < -0.39 is 0 Å². The fourth-order valence-electron chi connectivity index (χ4n) is 2.12. The van der Waals surface area contributed by atoms with Crippen LogP contribution >= 0.6 is 47.8 Å². The average molecular weight is 461 g/mol. The number of hydrogen-bond acceptors (Lipinski definition) is 0. The number of alkyl halides is 1. The van der Waals surface area contributed by atoms with Crippen LogP contribution in [0.1, 0.15) is 41.3 Å². The van der Waals surface area contributed by atoms with E-state index in [0.717, 1.165) is 8.95 Å². The van der Waals surface area contributed by atoms with E-state index in [4.69, 9.17) is 0 Å². The first-order chi connectivity index (χ1) is 9.61. The van der Waals surface area contributed by atoms with Gasteiger partial charge in [0, 0.05) is 8.95 Å². The SMILES string of the molecule is CCCCc1ccc(C(Br)c2ccc(Br)cc2Br)cc1. The number of unbranched alkanes of at least 4 members (excludes halogenated alkanes) is 1. The Morgan fingerprint density at radius 2 is 1.70 bits per heavy atom. The van der Waals surface area contributed by atoms with Gasteiger partial charge in [0.25, 0.3) is 0 Å². The highest BCUT2D eigenvalue weighted by molar-refractivity contribution is 9.11. The van der Waals surface area contributed by atoms with Crippen molar-refractivity contribution in [3.05, 3.63) is 68.1 Å². The molecule has 2 rings (SSSR count). The molecule has 0 aliphatic carbocycles. The highest BCUT2D eigenvalue weighted by Gasteiger charge is 2.13. The van der Waals surface area contributed by atoms with E-state index in [2.05, 4.69) is 97.2 Å². The van der Waals surface area contributed by atoms with E-state index in [1.54, 1.807) is 0 Å². The molecule has 0 spiro atoms. The van der Waals surface area contributed by atoms with Crippen LogP contribution in [0.25, 0.3) is 0 Å². The molecule has 0 aromatic heterocycles. The standard InChI is InChI=1S/C17H17Br3/c1-2-3-4-12-5-7-13(8-6-12)17(20)15-10-9-14(18)11-16(15)19/h5-11,17H,2-4H2,1H3. The van der Waals surface area contributed by atoms with E-state index in [9.17, 15) is 0 Å². The molecule has 0 fully saturated rings. The summed E-state index contributed by atoms with van der Waals surface area (Å²) in [7, 11) is 0. The molecular formula is C17H17Br3. The molecule has 0 radical (unpaired) electrons. The second kappa shape index (κ2) is 7.77. The van der Waals surface area contributed by atoms with Crippen molar-refractivity contribution in [3.63, 3.8) is 0 Å². The minimum Gasteiger partial charge on any atom is -0.0786 e. The van der Waals surface area contributed by atoms with Crippen molar-refractivity contribution in [2.75, 3.05) is 0 Å². The number of rotatable bonds is 5. The molecule has 0 saturated heterocycles. The molecule has 1 atom stereocenters. The second-order valence-corrected chi connectivity index (χ2v) is 7.56. The molecular weight excluding hydrogens is 444 g/mol. The van der Waals surface area contributed by atoms with Gasteiger partial charge in [-0.15, -0.1) is 0 Å². The number of benzene rings is 2. The van der Waals surface area contributed by atoms with E-state index >= 15 is 0 Å². The molecule has 1 unspecified atom stereocenters. The lowest BCUT2D eigenvalue weighted by molar-refractivity contribution is 0.795. The molecule has 106 valence electrons. The van der Waals surface area contributed by atoms with Crippen molar-refractivity contribution in [1.82, 2.24) is 0 Å². The zero-order valence-corrected chi connectivity index (χ0v) is 16.1. The van der Waals surface area contributed by atoms with Crippen LogP contribution in [0.3, 0.4) is 0 Å². The minimum absolute atomic E-state index is 0.213. The average Bonchev–Trinajstić information content (AvgIpc) is 2.45. The lowest BCUT2D eigenvalue weighted by Crippen LogP contribution is -1.95. The molecule has 0 N–H and O–H groups in total. The van der Waals surface area contributed by atoms with Gasteiger partial charge in [0.2, 0.25) is 0 Å². The van der Waals surface area contributed by atoms with Crippen LogP contribution in [0.15, 0.2) is 51.4 Å². The highest BCUT2D eigenvalue weighted by atomic mass is 79.9. The number of hydrogen-bond donors (Lipinski definition) is 0. The van der Waals surface area contributed by atoms with Crippen LogP contribution in [0.2, 0.25) is 0 Å². The summed E-state index contributed by atoms with van der Waals surface area (Å²) in [4.78, 5) is 0.213. The van der Waals surface area contributed by atoms with Gasteiger partial charge in [-0.3, -0.25) is 0 Å². The lowest BCUT2D eigenvalue weighted by atomic mass is 10.0.